The van der Waals surface area contributed by atoms with Gasteiger partial charge >= 0.3 is 6.03 Å². The molecule has 0 atom stereocenters. The molecular weight excluding hydrogens is 599 g/mol. The molecule has 0 saturated carbocycles. The molecule has 6 rings (SSSR count). The van der Waals surface area contributed by atoms with Crippen LogP contribution in [0, 0.1) is 0 Å². The van der Waals surface area contributed by atoms with Crippen LogP contribution >= 0.6 is 23.2 Å². The van der Waals surface area contributed by atoms with E-state index in [-0.39, 0.29) is 33.7 Å². The minimum atomic E-state index is -0.858. The Morgan fingerprint density at radius 1 is 0.727 bits per heavy atom. The van der Waals surface area contributed by atoms with Gasteiger partial charge in [-0.25, -0.2) is 9.69 Å². The summed E-state index contributed by atoms with van der Waals surface area (Å²) in [7, 11) is 0. The second-order valence-electron chi connectivity index (χ2n) is 9.97. The lowest BCUT2D eigenvalue weighted by Crippen LogP contribution is -2.54. The smallest absolute Gasteiger partial charge is 0.335 e. The molecule has 5 aromatic carbocycles. The van der Waals surface area contributed by atoms with E-state index in [0.29, 0.717) is 17.9 Å². The molecule has 218 valence electrons. The number of nitrogens with zero attached hydrogens (tertiary/aromatic N) is 1. The van der Waals surface area contributed by atoms with Gasteiger partial charge in [-0.2, -0.15) is 0 Å². The quantitative estimate of drug-likeness (QED) is 0.140. The zero-order valence-electron chi connectivity index (χ0n) is 23.1. The molecule has 4 amide bonds. The Morgan fingerprint density at radius 2 is 1.41 bits per heavy atom. The summed E-state index contributed by atoms with van der Waals surface area (Å²) in [6, 6.07) is 32.2. The molecule has 7 nitrogen and oxygen atoms in total. The van der Waals surface area contributed by atoms with Gasteiger partial charge in [-0.3, -0.25) is 14.9 Å². The second-order valence-corrected chi connectivity index (χ2v) is 10.8. The lowest BCUT2D eigenvalue weighted by atomic mass is 10.1. The van der Waals surface area contributed by atoms with Gasteiger partial charge in [-0.1, -0.05) is 96.0 Å². The molecule has 0 aliphatic carbocycles. The molecule has 9 heteroatoms. The number of imide groups is 2. The normalized spacial score (nSPS) is 14.2. The van der Waals surface area contributed by atoms with Gasteiger partial charge in [0.05, 0.1) is 15.7 Å². The van der Waals surface area contributed by atoms with Gasteiger partial charge in [0, 0.05) is 0 Å². The fourth-order valence-electron chi connectivity index (χ4n) is 4.86. The highest BCUT2D eigenvalue weighted by Gasteiger charge is 2.37. The Kier molecular flexibility index (Phi) is 8.32. The number of barbiturate groups is 1. The number of ether oxygens (including phenoxy) is 2. The average Bonchev–Trinajstić information content (AvgIpc) is 3.03. The summed E-state index contributed by atoms with van der Waals surface area (Å²) in [5.74, 6) is -0.793. The molecular formula is C35H24Cl2N2O5. The first kappa shape index (κ1) is 29.0. The van der Waals surface area contributed by atoms with E-state index in [1.807, 2.05) is 72.8 Å². The van der Waals surface area contributed by atoms with Crippen LogP contribution < -0.4 is 19.7 Å². The Bertz CT molecular complexity index is 1900. The number of halogens is 2. The van der Waals surface area contributed by atoms with E-state index < -0.39 is 17.8 Å². The number of amides is 4. The Hall–Kier alpha value is -5.11. The van der Waals surface area contributed by atoms with E-state index in [9.17, 15) is 14.4 Å². The Morgan fingerprint density at radius 3 is 2.16 bits per heavy atom. The van der Waals surface area contributed by atoms with E-state index in [1.165, 1.54) is 6.08 Å². The van der Waals surface area contributed by atoms with E-state index in [2.05, 4.69) is 5.32 Å². The number of hydrogen-bond donors (Lipinski definition) is 1. The summed E-state index contributed by atoms with van der Waals surface area (Å²) < 4.78 is 11.8. The molecule has 1 aliphatic rings. The number of anilines is 1. The van der Waals surface area contributed by atoms with Gasteiger partial charge in [0.25, 0.3) is 11.8 Å². The van der Waals surface area contributed by atoms with E-state index in [0.717, 1.165) is 26.8 Å². The number of nitrogens with one attached hydrogen (secondary N) is 1. The van der Waals surface area contributed by atoms with Crippen LogP contribution in [0.1, 0.15) is 16.7 Å². The summed E-state index contributed by atoms with van der Waals surface area (Å²) in [6.45, 7) is 0.595. The third-order valence-corrected chi connectivity index (χ3v) is 7.59. The van der Waals surface area contributed by atoms with Crippen LogP contribution in [0.3, 0.4) is 0 Å². The van der Waals surface area contributed by atoms with Crippen LogP contribution in [0.2, 0.25) is 10.0 Å². The van der Waals surface area contributed by atoms with E-state index in [1.54, 1.807) is 36.4 Å². The predicted octanol–water partition coefficient (Wildman–Crippen LogP) is 7.97. The van der Waals surface area contributed by atoms with Crippen molar-refractivity contribution in [2.75, 3.05) is 4.90 Å². The number of rotatable bonds is 8. The molecule has 0 radical (unpaired) electrons. The highest BCUT2D eigenvalue weighted by atomic mass is 35.5. The number of benzene rings is 5. The van der Waals surface area contributed by atoms with Crippen LogP contribution in [0.25, 0.3) is 16.8 Å². The minimum Gasteiger partial charge on any atom is -0.489 e. The number of carbonyl (C=O) groups excluding carboxylic acids is 3. The van der Waals surface area contributed by atoms with Gasteiger partial charge in [0.15, 0.2) is 5.75 Å². The summed E-state index contributed by atoms with van der Waals surface area (Å²) in [5.41, 5.74) is 2.36. The van der Waals surface area contributed by atoms with Gasteiger partial charge in [-0.05, 0) is 69.9 Å². The zero-order valence-corrected chi connectivity index (χ0v) is 24.6. The Balaban J connectivity index is 1.19. The van der Waals surface area contributed by atoms with Crippen molar-refractivity contribution < 1.29 is 23.9 Å². The number of carbonyl (C=O) groups is 3. The standard InChI is InChI=1S/C35H24Cl2N2O5/c36-30-18-23(19-31(37)32(30)44-21-25-11-6-10-24-9-4-5-12-28(24)25)17-29-33(40)38-35(42)39(34(29)41)26-13-15-27(16-14-26)43-20-22-7-2-1-3-8-22/h1-19H,20-21H2,(H,38,40,42)/b29-17+. The summed E-state index contributed by atoms with van der Waals surface area (Å²) in [5, 5.41) is 4.76. The first-order chi connectivity index (χ1) is 21.4. The molecule has 0 bridgehead atoms. The lowest BCUT2D eigenvalue weighted by Gasteiger charge is -2.26. The minimum absolute atomic E-state index is 0.201. The third-order valence-electron chi connectivity index (χ3n) is 7.03. The molecule has 0 spiro atoms. The topological polar surface area (TPSA) is 84.9 Å². The maximum Gasteiger partial charge on any atom is 0.335 e. The molecule has 1 N–H and O–H groups in total. The predicted molar refractivity (Wildman–Crippen MR) is 171 cm³/mol. The van der Waals surface area contributed by atoms with Crippen LogP contribution in [-0.4, -0.2) is 17.8 Å². The molecule has 0 unspecified atom stereocenters. The van der Waals surface area contributed by atoms with Crippen molar-refractivity contribution >= 4 is 63.6 Å². The number of urea groups is 1. The molecule has 0 aromatic heterocycles. The van der Waals surface area contributed by atoms with Gasteiger partial charge in [-0.15, -0.1) is 0 Å². The fourth-order valence-corrected chi connectivity index (χ4v) is 5.47. The van der Waals surface area contributed by atoms with Crippen molar-refractivity contribution in [2.45, 2.75) is 13.2 Å². The van der Waals surface area contributed by atoms with Gasteiger partial charge in [0.2, 0.25) is 0 Å². The zero-order chi connectivity index (χ0) is 30.6. The van der Waals surface area contributed by atoms with Crippen molar-refractivity contribution in [3.8, 4) is 11.5 Å². The number of fused-ring (bicyclic) bond motifs is 1. The first-order valence-electron chi connectivity index (χ1n) is 13.6. The fraction of sp³-hybridized carbons (Fsp3) is 0.0571. The molecule has 1 saturated heterocycles. The highest BCUT2D eigenvalue weighted by molar-refractivity contribution is 6.40. The van der Waals surface area contributed by atoms with Crippen molar-refractivity contribution in [1.82, 2.24) is 5.32 Å². The summed E-state index contributed by atoms with van der Waals surface area (Å²) >= 11 is 13.1. The lowest BCUT2D eigenvalue weighted by molar-refractivity contribution is -0.122. The van der Waals surface area contributed by atoms with Crippen LogP contribution in [0.15, 0.2) is 115 Å². The average molecular weight is 623 g/mol. The van der Waals surface area contributed by atoms with Crippen LogP contribution in [0.4, 0.5) is 10.5 Å². The van der Waals surface area contributed by atoms with Crippen molar-refractivity contribution in [3.63, 3.8) is 0 Å². The molecule has 1 aliphatic heterocycles. The van der Waals surface area contributed by atoms with Gasteiger partial charge < -0.3 is 9.47 Å². The molecule has 5 aromatic rings. The van der Waals surface area contributed by atoms with Crippen LogP contribution in [-0.2, 0) is 22.8 Å². The first-order valence-corrected chi connectivity index (χ1v) is 14.4. The van der Waals surface area contributed by atoms with Crippen LogP contribution in [0.5, 0.6) is 11.5 Å². The summed E-state index contributed by atoms with van der Waals surface area (Å²) in [4.78, 5) is 39.7. The van der Waals surface area contributed by atoms with Crippen molar-refractivity contribution in [2.24, 2.45) is 0 Å². The highest BCUT2D eigenvalue weighted by Crippen LogP contribution is 2.36. The summed E-state index contributed by atoms with van der Waals surface area (Å²) in [6.07, 6.45) is 1.33. The third kappa shape index (κ3) is 6.15. The molecule has 1 fully saturated rings. The second kappa shape index (κ2) is 12.6. The Labute approximate surface area is 263 Å². The number of hydrogen-bond acceptors (Lipinski definition) is 5. The van der Waals surface area contributed by atoms with E-state index >= 15 is 0 Å². The molecule has 44 heavy (non-hydrogen) atoms. The molecule has 1 heterocycles. The SMILES string of the molecule is O=C1NC(=O)N(c2ccc(OCc3ccccc3)cc2)C(=O)/C1=C/c1cc(Cl)c(OCc2cccc3ccccc23)c(Cl)c1. The van der Waals surface area contributed by atoms with Crippen molar-refractivity contribution in [1.29, 1.82) is 0 Å². The monoisotopic (exact) mass is 622 g/mol. The maximum absolute atomic E-state index is 13.4. The van der Waals surface area contributed by atoms with E-state index in [4.69, 9.17) is 32.7 Å². The van der Waals surface area contributed by atoms with Gasteiger partial charge in [0.1, 0.15) is 24.5 Å². The maximum atomic E-state index is 13.4. The largest absolute Gasteiger partial charge is 0.489 e. The van der Waals surface area contributed by atoms with Crippen molar-refractivity contribution in [3.05, 3.63) is 142 Å².